The Bertz CT molecular complexity index is 506. The summed E-state index contributed by atoms with van der Waals surface area (Å²) in [6, 6.07) is 9.66. The number of carbonyl (C=O) groups excluding carboxylic acids is 1. The Morgan fingerprint density at radius 2 is 1.82 bits per heavy atom. The lowest BCUT2D eigenvalue weighted by Gasteiger charge is -2.33. The molecule has 120 valence electrons. The first-order valence-electron chi connectivity index (χ1n) is 8.15. The minimum absolute atomic E-state index is 0.0695. The van der Waals surface area contributed by atoms with E-state index in [0.717, 1.165) is 24.8 Å². The van der Waals surface area contributed by atoms with E-state index in [1.165, 1.54) is 0 Å². The maximum absolute atomic E-state index is 12.5. The molecule has 0 aliphatic heterocycles. The van der Waals surface area contributed by atoms with E-state index < -0.39 is 11.4 Å². The fraction of sp³-hybridized carbons (Fsp3) is 0.556. The first-order valence-corrected chi connectivity index (χ1v) is 8.15. The molecule has 2 N–H and O–H groups in total. The van der Waals surface area contributed by atoms with Crippen LogP contribution in [0.15, 0.2) is 30.3 Å². The standard InChI is InChI=1S/C18H25NO3/c1-2-15(14-9-5-3-6-10-14)16(20)19-13-18(17(21)22)11-7-4-8-12-18/h3,5-6,9-10,15H,2,4,7-8,11-13H2,1H3,(H,19,20)(H,21,22). The summed E-state index contributed by atoms with van der Waals surface area (Å²) >= 11 is 0. The zero-order valence-corrected chi connectivity index (χ0v) is 13.2. The van der Waals surface area contributed by atoms with Gasteiger partial charge in [-0.15, -0.1) is 0 Å². The minimum atomic E-state index is -0.778. The zero-order chi connectivity index (χ0) is 16.0. The Morgan fingerprint density at radius 3 is 2.36 bits per heavy atom. The molecular weight excluding hydrogens is 278 g/mol. The highest BCUT2D eigenvalue weighted by atomic mass is 16.4. The van der Waals surface area contributed by atoms with Crippen molar-refractivity contribution in [1.82, 2.24) is 5.32 Å². The van der Waals surface area contributed by atoms with Crippen LogP contribution in [-0.2, 0) is 9.59 Å². The first kappa shape index (κ1) is 16.5. The molecule has 4 heteroatoms. The number of nitrogens with one attached hydrogen (secondary N) is 1. The zero-order valence-electron chi connectivity index (χ0n) is 13.2. The Morgan fingerprint density at radius 1 is 1.18 bits per heavy atom. The monoisotopic (exact) mass is 303 g/mol. The molecule has 1 aliphatic carbocycles. The van der Waals surface area contributed by atoms with E-state index in [1.807, 2.05) is 37.3 Å². The van der Waals surface area contributed by atoms with Gasteiger partial charge in [-0.1, -0.05) is 56.5 Å². The average molecular weight is 303 g/mol. The van der Waals surface area contributed by atoms with Crippen molar-refractivity contribution in [2.45, 2.75) is 51.4 Å². The second-order valence-electron chi connectivity index (χ2n) is 6.24. The molecule has 1 aliphatic rings. The summed E-state index contributed by atoms with van der Waals surface area (Å²) in [5.74, 6) is -1.06. The minimum Gasteiger partial charge on any atom is -0.481 e. The van der Waals surface area contributed by atoms with E-state index >= 15 is 0 Å². The number of rotatable bonds is 6. The molecule has 1 saturated carbocycles. The van der Waals surface area contributed by atoms with Crippen molar-refractivity contribution in [3.05, 3.63) is 35.9 Å². The van der Waals surface area contributed by atoms with Crippen LogP contribution in [0, 0.1) is 5.41 Å². The summed E-state index contributed by atoms with van der Waals surface area (Å²) in [5, 5.41) is 12.5. The molecule has 1 unspecified atom stereocenters. The number of aliphatic carboxylic acids is 1. The van der Waals surface area contributed by atoms with Crippen LogP contribution >= 0.6 is 0 Å². The summed E-state index contributed by atoms with van der Waals surface area (Å²) in [7, 11) is 0. The molecule has 22 heavy (non-hydrogen) atoms. The van der Waals surface area contributed by atoms with Gasteiger partial charge >= 0.3 is 5.97 Å². The van der Waals surface area contributed by atoms with E-state index in [2.05, 4.69) is 5.32 Å². The lowest BCUT2D eigenvalue weighted by atomic mass is 9.74. The Kier molecular flexibility index (Phi) is 5.58. The molecular formula is C18H25NO3. The van der Waals surface area contributed by atoms with Crippen molar-refractivity contribution in [2.75, 3.05) is 6.54 Å². The molecule has 0 aromatic heterocycles. The van der Waals surface area contributed by atoms with E-state index in [0.29, 0.717) is 19.3 Å². The predicted octanol–water partition coefficient (Wildman–Crippen LogP) is 3.33. The van der Waals surface area contributed by atoms with Crippen molar-refractivity contribution in [3.63, 3.8) is 0 Å². The van der Waals surface area contributed by atoms with E-state index in [4.69, 9.17) is 0 Å². The van der Waals surface area contributed by atoms with Crippen LogP contribution in [0.25, 0.3) is 0 Å². The lowest BCUT2D eigenvalue weighted by Crippen LogP contribution is -2.45. The van der Waals surface area contributed by atoms with Crippen LogP contribution in [-0.4, -0.2) is 23.5 Å². The molecule has 2 rings (SSSR count). The van der Waals surface area contributed by atoms with Gasteiger partial charge in [0.15, 0.2) is 0 Å². The summed E-state index contributed by atoms with van der Waals surface area (Å²) in [5.41, 5.74) is 0.207. The second kappa shape index (κ2) is 7.43. The lowest BCUT2D eigenvalue weighted by molar-refractivity contribution is -0.151. The highest BCUT2D eigenvalue weighted by Crippen LogP contribution is 2.36. The maximum Gasteiger partial charge on any atom is 0.311 e. The molecule has 1 amide bonds. The molecule has 1 atom stereocenters. The predicted molar refractivity (Wildman–Crippen MR) is 85.6 cm³/mol. The van der Waals surface area contributed by atoms with Gasteiger partial charge in [0, 0.05) is 6.54 Å². The molecule has 0 spiro atoms. The van der Waals surface area contributed by atoms with Gasteiger partial charge in [-0.2, -0.15) is 0 Å². The number of carboxylic acids is 1. The fourth-order valence-electron chi connectivity index (χ4n) is 3.33. The molecule has 0 saturated heterocycles. The number of carbonyl (C=O) groups is 2. The van der Waals surface area contributed by atoms with Gasteiger partial charge in [0.05, 0.1) is 11.3 Å². The highest BCUT2D eigenvalue weighted by molar-refractivity contribution is 5.84. The number of hydrogen-bond acceptors (Lipinski definition) is 2. The molecule has 1 aromatic rings. The van der Waals surface area contributed by atoms with Crippen LogP contribution in [0.1, 0.15) is 56.9 Å². The Labute approximate surface area is 131 Å². The summed E-state index contributed by atoms with van der Waals surface area (Å²) in [6.07, 6.45) is 4.96. The first-order chi connectivity index (χ1) is 10.6. The molecule has 0 bridgehead atoms. The van der Waals surface area contributed by atoms with E-state index in [9.17, 15) is 14.7 Å². The van der Waals surface area contributed by atoms with Crippen LogP contribution in [0.3, 0.4) is 0 Å². The third-order valence-electron chi connectivity index (χ3n) is 4.79. The van der Waals surface area contributed by atoms with Gasteiger partial charge in [-0.05, 0) is 24.8 Å². The van der Waals surface area contributed by atoms with Crippen molar-refractivity contribution >= 4 is 11.9 Å². The average Bonchev–Trinajstić information content (AvgIpc) is 2.55. The summed E-state index contributed by atoms with van der Waals surface area (Å²) in [4.78, 5) is 24.1. The molecule has 1 fully saturated rings. The number of benzene rings is 1. The third kappa shape index (κ3) is 3.67. The number of amides is 1. The number of hydrogen-bond donors (Lipinski definition) is 2. The molecule has 4 nitrogen and oxygen atoms in total. The van der Waals surface area contributed by atoms with Crippen LogP contribution in [0.2, 0.25) is 0 Å². The SMILES string of the molecule is CCC(C(=O)NCC1(C(=O)O)CCCCC1)c1ccccc1. The van der Waals surface area contributed by atoms with Gasteiger partial charge in [0.25, 0.3) is 0 Å². The van der Waals surface area contributed by atoms with Gasteiger partial charge in [0.1, 0.15) is 0 Å². The van der Waals surface area contributed by atoms with Crippen LogP contribution < -0.4 is 5.32 Å². The summed E-state index contributed by atoms with van der Waals surface area (Å²) in [6.45, 7) is 2.22. The van der Waals surface area contributed by atoms with Crippen LogP contribution in [0.5, 0.6) is 0 Å². The Balaban J connectivity index is 2.02. The van der Waals surface area contributed by atoms with Gasteiger partial charge in [0.2, 0.25) is 5.91 Å². The van der Waals surface area contributed by atoms with E-state index in [-0.39, 0.29) is 18.4 Å². The van der Waals surface area contributed by atoms with E-state index in [1.54, 1.807) is 0 Å². The summed E-state index contributed by atoms with van der Waals surface area (Å²) < 4.78 is 0. The van der Waals surface area contributed by atoms with Gasteiger partial charge in [-0.3, -0.25) is 9.59 Å². The fourth-order valence-corrected chi connectivity index (χ4v) is 3.33. The van der Waals surface area contributed by atoms with Crippen molar-refractivity contribution in [2.24, 2.45) is 5.41 Å². The van der Waals surface area contributed by atoms with Crippen molar-refractivity contribution < 1.29 is 14.7 Å². The smallest absolute Gasteiger partial charge is 0.311 e. The van der Waals surface area contributed by atoms with Crippen molar-refractivity contribution in [1.29, 1.82) is 0 Å². The molecule has 1 aromatic carbocycles. The normalized spacial score (nSPS) is 18.4. The van der Waals surface area contributed by atoms with Gasteiger partial charge < -0.3 is 10.4 Å². The largest absolute Gasteiger partial charge is 0.481 e. The van der Waals surface area contributed by atoms with Crippen molar-refractivity contribution in [3.8, 4) is 0 Å². The molecule has 0 heterocycles. The highest BCUT2D eigenvalue weighted by Gasteiger charge is 2.40. The molecule has 0 radical (unpaired) electrons. The maximum atomic E-state index is 12.5. The Hall–Kier alpha value is -1.84. The number of carboxylic acid groups (broad SMARTS) is 1. The van der Waals surface area contributed by atoms with Gasteiger partial charge in [-0.25, -0.2) is 0 Å². The quantitative estimate of drug-likeness (QED) is 0.847. The second-order valence-corrected chi connectivity index (χ2v) is 6.24. The van der Waals surface area contributed by atoms with Crippen LogP contribution in [0.4, 0.5) is 0 Å². The topological polar surface area (TPSA) is 66.4 Å². The third-order valence-corrected chi connectivity index (χ3v) is 4.79.